The topological polar surface area (TPSA) is 102 Å². The third kappa shape index (κ3) is 3.03. The average molecular weight is 327 g/mol. The minimum absolute atomic E-state index is 0.0561. The van der Waals surface area contributed by atoms with Gasteiger partial charge in [-0.25, -0.2) is 0 Å². The minimum Gasteiger partial charge on any atom is -0.366 e. The van der Waals surface area contributed by atoms with E-state index in [0.29, 0.717) is 17.8 Å². The molecule has 0 aliphatic carbocycles. The second kappa shape index (κ2) is 6.45. The van der Waals surface area contributed by atoms with Gasteiger partial charge < -0.3 is 16.4 Å². The predicted octanol–water partition coefficient (Wildman–Crippen LogP) is 0.769. The molecule has 7 heteroatoms. The van der Waals surface area contributed by atoms with Gasteiger partial charge in [0.25, 0.3) is 5.91 Å². The van der Waals surface area contributed by atoms with Crippen molar-refractivity contribution < 1.29 is 9.59 Å². The second-order valence-corrected chi connectivity index (χ2v) is 6.17. The lowest BCUT2D eigenvalue weighted by Crippen LogP contribution is -2.29. The molecule has 2 heterocycles. The first-order valence-electron chi connectivity index (χ1n) is 7.87. The Morgan fingerprint density at radius 3 is 2.83 bits per heavy atom. The molecule has 0 spiro atoms. The lowest BCUT2D eigenvalue weighted by atomic mass is 9.90. The smallest absolute Gasteiger partial charge is 0.251 e. The van der Waals surface area contributed by atoms with Crippen LogP contribution in [-0.2, 0) is 11.8 Å². The zero-order valence-electron chi connectivity index (χ0n) is 13.7. The molecule has 1 aromatic carbocycles. The number of hydrogen-bond acceptors (Lipinski definition) is 4. The van der Waals surface area contributed by atoms with Gasteiger partial charge in [-0.1, -0.05) is 12.1 Å². The van der Waals surface area contributed by atoms with E-state index < -0.39 is 5.91 Å². The number of nitrogens with two attached hydrogens (primary N) is 1. The molecule has 1 aliphatic rings. The van der Waals surface area contributed by atoms with Crippen LogP contribution >= 0.6 is 0 Å². The molecule has 7 nitrogen and oxygen atoms in total. The van der Waals surface area contributed by atoms with Crippen LogP contribution in [0.3, 0.4) is 0 Å². The molecule has 1 saturated heterocycles. The van der Waals surface area contributed by atoms with Crippen LogP contribution in [0.1, 0.15) is 27.4 Å². The van der Waals surface area contributed by atoms with Gasteiger partial charge in [-0.2, -0.15) is 5.10 Å². The van der Waals surface area contributed by atoms with Crippen molar-refractivity contribution in [3.05, 3.63) is 47.3 Å². The molecule has 24 heavy (non-hydrogen) atoms. The molecule has 2 aromatic rings. The molecule has 126 valence electrons. The summed E-state index contributed by atoms with van der Waals surface area (Å²) in [6.45, 7) is 3.11. The van der Waals surface area contributed by atoms with Crippen LogP contribution in [0.25, 0.3) is 0 Å². The number of primary amides is 1. The quantitative estimate of drug-likeness (QED) is 0.772. The van der Waals surface area contributed by atoms with Crippen LogP contribution < -0.4 is 16.4 Å². The van der Waals surface area contributed by atoms with E-state index >= 15 is 0 Å². The molecule has 1 aromatic heterocycles. The van der Waals surface area contributed by atoms with Crippen LogP contribution in [0.4, 0.5) is 5.69 Å². The summed E-state index contributed by atoms with van der Waals surface area (Å²) in [5, 5.41) is 10.3. The van der Waals surface area contributed by atoms with Crippen molar-refractivity contribution in [1.29, 1.82) is 0 Å². The first-order valence-corrected chi connectivity index (χ1v) is 7.87. The number of carbonyl (C=O) groups excluding carboxylic acids is 2. The Balaban J connectivity index is 1.82. The number of rotatable bonds is 4. The molecule has 0 bridgehead atoms. The van der Waals surface area contributed by atoms with Crippen molar-refractivity contribution in [2.24, 2.45) is 18.7 Å². The Morgan fingerprint density at radius 1 is 1.38 bits per heavy atom. The van der Waals surface area contributed by atoms with Gasteiger partial charge in [0.05, 0.1) is 23.4 Å². The molecule has 1 aliphatic heterocycles. The van der Waals surface area contributed by atoms with E-state index in [9.17, 15) is 9.59 Å². The normalized spacial score (nSPS) is 20.1. The van der Waals surface area contributed by atoms with Crippen molar-refractivity contribution in [3.63, 3.8) is 0 Å². The van der Waals surface area contributed by atoms with Crippen LogP contribution in [0.5, 0.6) is 0 Å². The van der Waals surface area contributed by atoms with Crippen molar-refractivity contribution >= 4 is 17.5 Å². The number of nitrogens with zero attached hydrogens (tertiary/aromatic N) is 2. The number of aryl methyl sites for hydroxylation is 2. The lowest BCUT2D eigenvalue weighted by Gasteiger charge is -2.18. The van der Waals surface area contributed by atoms with E-state index in [2.05, 4.69) is 15.7 Å². The molecule has 1 fully saturated rings. The van der Waals surface area contributed by atoms with Gasteiger partial charge >= 0.3 is 0 Å². The molecule has 3 rings (SSSR count). The zero-order chi connectivity index (χ0) is 17.3. The van der Waals surface area contributed by atoms with Gasteiger partial charge in [-0.3, -0.25) is 14.3 Å². The molecular weight excluding hydrogens is 306 g/mol. The van der Waals surface area contributed by atoms with Crippen LogP contribution in [-0.4, -0.2) is 34.7 Å². The molecule has 0 radical (unpaired) electrons. The molecule has 2 atom stereocenters. The average Bonchev–Trinajstić information content (AvgIpc) is 3.15. The van der Waals surface area contributed by atoms with Crippen LogP contribution in [0, 0.1) is 12.8 Å². The van der Waals surface area contributed by atoms with E-state index in [1.807, 2.05) is 13.2 Å². The fourth-order valence-electron chi connectivity index (χ4n) is 3.26. The van der Waals surface area contributed by atoms with E-state index in [0.717, 1.165) is 17.7 Å². The number of amides is 2. The number of benzene rings is 1. The van der Waals surface area contributed by atoms with Crippen LogP contribution in [0.2, 0.25) is 0 Å². The number of anilines is 1. The van der Waals surface area contributed by atoms with Gasteiger partial charge in [0, 0.05) is 32.3 Å². The maximum Gasteiger partial charge on any atom is 0.251 e. The predicted molar refractivity (Wildman–Crippen MR) is 90.6 cm³/mol. The Kier molecular flexibility index (Phi) is 4.35. The Morgan fingerprint density at radius 2 is 2.17 bits per heavy atom. The van der Waals surface area contributed by atoms with Gasteiger partial charge in [0.2, 0.25) is 5.91 Å². The first kappa shape index (κ1) is 16.2. The maximum atomic E-state index is 12.8. The van der Waals surface area contributed by atoms with Crippen molar-refractivity contribution in [3.8, 4) is 0 Å². The van der Waals surface area contributed by atoms with E-state index in [-0.39, 0.29) is 17.7 Å². The summed E-state index contributed by atoms with van der Waals surface area (Å²) in [4.78, 5) is 24.4. The first-order chi connectivity index (χ1) is 11.5. The summed E-state index contributed by atoms with van der Waals surface area (Å²) >= 11 is 0. The number of aromatic nitrogens is 2. The lowest BCUT2D eigenvalue weighted by molar-refractivity contribution is -0.119. The highest BCUT2D eigenvalue weighted by atomic mass is 16.2. The fourth-order valence-corrected chi connectivity index (χ4v) is 3.26. The molecule has 0 unspecified atom stereocenters. The Hall–Kier alpha value is -2.67. The Bertz CT molecular complexity index is 783. The van der Waals surface area contributed by atoms with Crippen molar-refractivity contribution in [2.75, 3.05) is 18.4 Å². The van der Waals surface area contributed by atoms with E-state index in [1.165, 1.54) is 0 Å². The number of carbonyl (C=O) groups is 2. The summed E-state index contributed by atoms with van der Waals surface area (Å²) in [7, 11) is 1.85. The van der Waals surface area contributed by atoms with E-state index in [1.54, 1.807) is 36.0 Å². The molecular formula is C17H21N5O2. The van der Waals surface area contributed by atoms with Gasteiger partial charge in [0.1, 0.15) is 0 Å². The highest BCUT2D eigenvalue weighted by molar-refractivity contribution is 6.04. The van der Waals surface area contributed by atoms with Crippen molar-refractivity contribution in [1.82, 2.24) is 15.1 Å². The fraction of sp³-hybridized carbons (Fsp3) is 0.353. The second-order valence-electron chi connectivity index (χ2n) is 6.17. The van der Waals surface area contributed by atoms with E-state index in [4.69, 9.17) is 5.73 Å². The SMILES string of the molecule is Cc1cccc(NC(=O)[C@H]2CNC[C@@H]2c2cnn(C)c2)c1C(N)=O. The summed E-state index contributed by atoms with van der Waals surface area (Å²) in [6.07, 6.45) is 3.72. The molecule has 4 N–H and O–H groups in total. The largest absolute Gasteiger partial charge is 0.366 e. The third-order valence-electron chi connectivity index (χ3n) is 4.48. The highest BCUT2D eigenvalue weighted by Crippen LogP contribution is 2.29. The Labute approximate surface area is 140 Å². The highest BCUT2D eigenvalue weighted by Gasteiger charge is 2.35. The monoisotopic (exact) mass is 327 g/mol. The number of nitrogens with one attached hydrogen (secondary N) is 2. The summed E-state index contributed by atoms with van der Waals surface area (Å²) in [6, 6.07) is 5.29. The summed E-state index contributed by atoms with van der Waals surface area (Å²) in [5.74, 6) is -0.838. The van der Waals surface area contributed by atoms with Gasteiger partial charge in [-0.05, 0) is 24.1 Å². The standard InChI is InChI=1S/C17H21N5O2/c1-10-4-3-5-14(15(10)16(18)23)21-17(24)13-8-19-7-12(13)11-6-20-22(2)9-11/h3-6,9,12-13,19H,7-8H2,1-2H3,(H2,18,23)(H,21,24)/t12-,13+/m1/s1. The third-order valence-corrected chi connectivity index (χ3v) is 4.48. The zero-order valence-corrected chi connectivity index (χ0v) is 13.7. The maximum absolute atomic E-state index is 12.8. The van der Waals surface area contributed by atoms with Gasteiger partial charge in [-0.15, -0.1) is 0 Å². The summed E-state index contributed by atoms with van der Waals surface area (Å²) < 4.78 is 1.73. The summed E-state index contributed by atoms with van der Waals surface area (Å²) in [5.41, 5.74) is 8.04. The molecule has 2 amide bonds. The van der Waals surface area contributed by atoms with Crippen molar-refractivity contribution in [2.45, 2.75) is 12.8 Å². The number of hydrogen-bond donors (Lipinski definition) is 3. The minimum atomic E-state index is -0.545. The molecule has 0 saturated carbocycles. The van der Waals surface area contributed by atoms with Crippen LogP contribution in [0.15, 0.2) is 30.6 Å². The van der Waals surface area contributed by atoms with Gasteiger partial charge in [0.15, 0.2) is 0 Å².